The Balaban J connectivity index is 2.34. The monoisotopic (exact) mass is 398 g/mol. The molecule has 9 heteroatoms. The molecule has 6 nitrogen and oxygen atoms in total. The fraction of sp³-hybridized carbons (Fsp3) is 0.278. The van der Waals surface area contributed by atoms with Crippen LogP contribution in [0.2, 0.25) is 0 Å². The van der Waals surface area contributed by atoms with Gasteiger partial charge >= 0.3 is 0 Å². The lowest BCUT2D eigenvalue weighted by Gasteiger charge is -2.28. The Labute approximate surface area is 156 Å². The van der Waals surface area contributed by atoms with Crippen molar-refractivity contribution in [2.24, 2.45) is 0 Å². The molecule has 0 fully saturated rings. The third kappa shape index (κ3) is 4.94. The summed E-state index contributed by atoms with van der Waals surface area (Å²) in [5.74, 6) is -2.55. The molecular formula is C18H20F2N2O4S. The molecule has 1 atom stereocenters. The molecule has 146 valence electrons. The summed E-state index contributed by atoms with van der Waals surface area (Å²) in [7, 11) is -3.95. The van der Waals surface area contributed by atoms with Crippen LogP contribution in [0.25, 0.3) is 0 Å². The van der Waals surface area contributed by atoms with Crippen molar-refractivity contribution in [2.75, 3.05) is 22.5 Å². The Kier molecular flexibility index (Phi) is 6.37. The second-order valence-corrected chi connectivity index (χ2v) is 7.61. The minimum Gasteiger partial charge on any atom is -0.492 e. The number of hydrogen-bond donors (Lipinski definition) is 1. The summed E-state index contributed by atoms with van der Waals surface area (Å²) in [4.78, 5) is 12.6. The van der Waals surface area contributed by atoms with Gasteiger partial charge in [0.05, 0.1) is 24.2 Å². The van der Waals surface area contributed by atoms with Gasteiger partial charge in [0.25, 0.3) is 0 Å². The number of hydrogen-bond acceptors (Lipinski definition) is 4. The van der Waals surface area contributed by atoms with E-state index >= 15 is 0 Å². The maximum absolute atomic E-state index is 13.6. The van der Waals surface area contributed by atoms with Crippen LogP contribution in [0.5, 0.6) is 5.75 Å². The molecule has 0 aliphatic rings. The Morgan fingerprint density at radius 1 is 1.19 bits per heavy atom. The summed E-state index contributed by atoms with van der Waals surface area (Å²) in [6.45, 7) is 3.52. The molecule has 0 saturated heterocycles. The zero-order valence-electron chi connectivity index (χ0n) is 15.1. The molecule has 0 radical (unpaired) electrons. The molecule has 0 heterocycles. The Morgan fingerprint density at radius 3 is 2.44 bits per heavy atom. The first-order valence-electron chi connectivity index (χ1n) is 8.12. The molecule has 0 saturated carbocycles. The van der Waals surface area contributed by atoms with E-state index in [1.165, 1.54) is 6.92 Å². The van der Waals surface area contributed by atoms with E-state index in [9.17, 15) is 22.0 Å². The molecule has 0 bridgehead atoms. The number of amides is 1. The number of carbonyl (C=O) groups is 1. The number of carbonyl (C=O) groups excluding carboxylic acids is 1. The van der Waals surface area contributed by atoms with E-state index < -0.39 is 33.6 Å². The van der Waals surface area contributed by atoms with E-state index in [4.69, 9.17) is 4.74 Å². The third-order valence-corrected chi connectivity index (χ3v) is 4.93. The number of sulfonamides is 1. The Morgan fingerprint density at radius 2 is 1.85 bits per heavy atom. The number of nitrogens with one attached hydrogen (secondary N) is 1. The zero-order valence-corrected chi connectivity index (χ0v) is 15.9. The summed E-state index contributed by atoms with van der Waals surface area (Å²) >= 11 is 0. The molecule has 0 aliphatic carbocycles. The normalized spacial score (nSPS) is 12.3. The molecule has 1 N–H and O–H groups in total. The van der Waals surface area contributed by atoms with Crippen molar-refractivity contribution in [3.05, 3.63) is 54.1 Å². The number of anilines is 2. The number of halogens is 2. The van der Waals surface area contributed by atoms with Crippen molar-refractivity contribution >= 4 is 27.3 Å². The van der Waals surface area contributed by atoms with E-state index in [-0.39, 0.29) is 5.69 Å². The molecule has 27 heavy (non-hydrogen) atoms. The van der Waals surface area contributed by atoms with Crippen molar-refractivity contribution in [3.8, 4) is 5.75 Å². The number of rotatable bonds is 7. The summed E-state index contributed by atoms with van der Waals surface area (Å²) in [6, 6.07) is 8.09. The summed E-state index contributed by atoms with van der Waals surface area (Å²) in [6.07, 6.45) is 0.881. The first-order valence-corrected chi connectivity index (χ1v) is 9.97. The van der Waals surface area contributed by atoms with Crippen molar-refractivity contribution < 1.29 is 26.7 Å². The van der Waals surface area contributed by atoms with Crippen molar-refractivity contribution in [2.45, 2.75) is 19.9 Å². The topological polar surface area (TPSA) is 75.7 Å². The van der Waals surface area contributed by atoms with E-state index in [1.54, 1.807) is 31.2 Å². The molecule has 1 amide bonds. The van der Waals surface area contributed by atoms with E-state index in [0.717, 1.165) is 28.8 Å². The van der Waals surface area contributed by atoms with Crippen LogP contribution in [0.4, 0.5) is 20.2 Å². The highest BCUT2D eigenvalue weighted by atomic mass is 32.2. The van der Waals surface area contributed by atoms with Crippen LogP contribution in [0, 0.1) is 11.6 Å². The summed E-state index contributed by atoms with van der Waals surface area (Å²) in [5, 5.41) is 2.61. The van der Waals surface area contributed by atoms with Gasteiger partial charge in [-0.3, -0.25) is 9.10 Å². The van der Waals surface area contributed by atoms with Crippen LogP contribution < -0.4 is 14.4 Å². The van der Waals surface area contributed by atoms with Gasteiger partial charge in [0.15, 0.2) is 11.6 Å². The largest absolute Gasteiger partial charge is 0.492 e. The van der Waals surface area contributed by atoms with E-state index in [0.29, 0.717) is 18.0 Å². The van der Waals surface area contributed by atoms with Gasteiger partial charge in [0, 0.05) is 6.07 Å². The summed E-state index contributed by atoms with van der Waals surface area (Å²) < 4.78 is 57.3. The Hall–Kier alpha value is -2.68. The second-order valence-electron chi connectivity index (χ2n) is 5.75. The molecular weight excluding hydrogens is 378 g/mol. The van der Waals surface area contributed by atoms with Crippen molar-refractivity contribution in [1.82, 2.24) is 0 Å². The first kappa shape index (κ1) is 20.6. The molecule has 2 aromatic rings. The van der Waals surface area contributed by atoms with E-state index in [1.807, 2.05) is 0 Å². The highest BCUT2D eigenvalue weighted by Gasteiger charge is 2.30. The smallest absolute Gasteiger partial charge is 0.248 e. The van der Waals surface area contributed by atoms with Gasteiger partial charge in [-0.25, -0.2) is 17.2 Å². The molecule has 0 spiro atoms. The molecule has 0 aliphatic heterocycles. The van der Waals surface area contributed by atoms with Crippen LogP contribution in [0.15, 0.2) is 42.5 Å². The SMILES string of the molecule is CCOc1ccccc1NC(=O)C(C)N(c1ccc(F)c(F)c1)S(C)(=O)=O. The van der Waals surface area contributed by atoms with Crippen LogP contribution in [0.1, 0.15) is 13.8 Å². The maximum atomic E-state index is 13.6. The maximum Gasteiger partial charge on any atom is 0.248 e. The lowest BCUT2D eigenvalue weighted by molar-refractivity contribution is -0.116. The third-order valence-electron chi connectivity index (χ3n) is 3.69. The minimum absolute atomic E-state index is 0.155. The quantitative estimate of drug-likeness (QED) is 0.777. The van der Waals surface area contributed by atoms with Crippen LogP contribution >= 0.6 is 0 Å². The van der Waals surface area contributed by atoms with Crippen LogP contribution in [-0.2, 0) is 14.8 Å². The van der Waals surface area contributed by atoms with Gasteiger partial charge in [-0.1, -0.05) is 12.1 Å². The van der Waals surface area contributed by atoms with Gasteiger partial charge in [0.1, 0.15) is 11.8 Å². The van der Waals surface area contributed by atoms with Gasteiger partial charge in [-0.15, -0.1) is 0 Å². The fourth-order valence-corrected chi connectivity index (χ4v) is 3.69. The lowest BCUT2D eigenvalue weighted by atomic mass is 10.2. The van der Waals surface area contributed by atoms with Gasteiger partial charge in [-0.05, 0) is 38.1 Å². The standard InChI is InChI=1S/C18H20F2N2O4S/c1-4-26-17-8-6-5-7-16(17)21-18(23)12(2)22(27(3,24)25)13-9-10-14(19)15(20)11-13/h5-12H,4H2,1-3H3,(H,21,23). The van der Waals surface area contributed by atoms with Crippen LogP contribution in [0.3, 0.4) is 0 Å². The van der Waals surface area contributed by atoms with Crippen LogP contribution in [-0.4, -0.2) is 33.2 Å². The average Bonchev–Trinajstić information content (AvgIpc) is 2.59. The predicted molar refractivity (Wildman–Crippen MR) is 99.4 cm³/mol. The summed E-state index contributed by atoms with van der Waals surface area (Å²) in [5.41, 5.74) is 0.215. The number of benzene rings is 2. The number of para-hydroxylation sites is 2. The zero-order chi connectivity index (χ0) is 20.2. The molecule has 0 aromatic heterocycles. The molecule has 2 aromatic carbocycles. The lowest BCUT2D eigenvalue weighted by Crippen LogP contribution is -2.45. The molecule has 2 rings (SSSR count). The predicted octanol–water partition coefficient (Wildman–Crippen LogP) is 3.16. The van der Waals surface area contributed by atoms with Gasteiger partial charge in [-0.2, -0.15) is 0 Å². The fourth-order valence-electron chi connectivity index (χ4n) is 2.52. The van der Waals surface area contributed by atoms with E-state index in [2.05, 4.69) is 5.32 Å². The van der Waals surface area contributed by atoms with Gasteiger partial charge < -0.3 is 10.1 Å². The molecule has 1 unspecified atom stereocenters. The van der Waals surface area contributed by atoms with Gasteiger partial charge in [0.2, 0.25) is 15.9 Å². The number of nitrogens with zero attached hydrogens (tertiary/aromatic N) is 1. The highest BCUT2D eigenvalue weighted by molar-refractivity contribution is 7.92. The average molecular weight is 398 g/mol. The number of ether oxygens (including phenoxy) is 1. The minimum atomic E-state index is -3.95. The van der Waals surface area contributed by atoms with Crippen molar-refractivity contribution in [3.63, 3.8) is 0 Å². The first-order chi connectivity index (χ1) is 12.6. The second kappa shape index (κ2) is 8.34. The Bertz CT molecular complexity index is 935. The van der Waals surface area contributed by atoms with Crippen molar-refractivity contribution in [1.29, 1.82) is 0 Å². The highest BCUT2D eigenvalue weighted by Crippen LogP contribution is 2.26.